The lowest BCUT2D eigenvalue weighted by Crippen LogP contribution is -2.33. The SMILES string of the molecule is CS(=O)(=O)c1ccc(C2OC=NC2C(O)C(Cl)Cl)cc1. The summed E-state index contributed by atoms with van der Waals surface area (Å²) in [6.45, 7) is 0. The highest BCUT2D eigenvalue weighted by Crippen LogP contribution is 2.32. The van der Waals surface area contributed by atoms with E-state index in [4.69, 9.17) is 27.9 Å². The molecule has 0 bridgehead atoms. The Morgan fingerprint density at radius 3 is 2.40 bits per heavy atom. The lowest BCUT2D eigenvalue weighted by Gasteiger charge is -2.22. The highest BCUT2D eigenvalue weighted by molar-refractivity contribution is 7.90. The van der Waals surface area contributed by atoms with E-state index in [1.54, 1.807) is 12.1 Å². The summed E-state index contributed by atoms with van der Waals surface area (Å²) >= 11 is 11.3. The van der Waals surface area contributed by atoms with Crippen LogP contribution in [0.1, 0.15) is 11.7 Å². The maximum absolute atomic E-state index is 11.4. The Morgan fingerprint density at radius 1 is 1.30 bits per heavy atom. The van der Waals surface area contributed by atoms with Gasteiger partial charge in [0.2, 0.25) is 0 Å². The van der Waals surface area contributed by atoms with Crippen LogP contribution < -0.4 is 0 Å². The number of nitrogens with zero attached hydrogens (tertiary/aromatic N) is 1. The molecule has 0 fully saturated rings. The number of aliphatic imine (C=N–C) groups is 1. The molecule has 8 heteroatoms. The first kappa shape index (κ1) is 15.6. The monoisotopic (exact) mass is 337 g/mol. The molecule has 0 amide bonds. The zero-order valence-corrected chi connectivity index (χ0v) is 12.8. The van der Waals surface area contributed by atoms with Crippen molar-refractivity contribution in [3.8, 4) is 0 Å². The molecule has 3 atom stereocenters. The third-order valence-corrected chi connectivity index (χ3v) is 4.64. The molecule has 1 N–H and O–H groups in total. The van der Waals surface area contributed by atoms with E-state index in [-0.39, 0.29) is 4.90 Å². The van der Waals surface area contributed by atoms with Gasteiger partial charge >= 0.3 is 0 Å². The molecule has 1 aromatic carbocycles. The number of aliphatic hydroxyl groups excluding tert-OH is 1. The van der Waals surface area contributed by atoms with E-state index in [2.05, 4.69) is 4.99 Å². The van der Waals surface area contributed by atoms with Crippen LogP contribution in [0.15, 0.2) is 34.2 Å². The van der Waals surface area contributed by atoms with E-state index in [1.807, 2.05) is 0 Å². The van der Waals surface area contributed by atoms with E-state index < -0.39 is 32.9 Å². The van der Waals surface area contributed by atoms with Crippen molar-refractivity contribution < 1.29 is 18.3 Å². The summed E-state index contributed by atoms with van der Waals surface area (Å²) in [6, 6.07) is 5.57. The average molecular weight is 338 g/mol. The topological polar surface area (TPSA) is 76.0 Å². The van der Waals surface area contributed by atoms with Crippen LogP contribution in [0.3, 0.4) is 0 Å². The van der Waals surface area contributed by atoms with E-state index >= 15 is 0 Å². The maximum atomic E-state index is 11.4. The van der Waals surface area contributed by atoms with Gasteiger partial charge in [-0.3, -0.25) is 0 Å². The average Bonchev–Trinajstić information content (AvgIpc) is 2.85. The van der Waals surface area contributed by atoms with E-state index in [0.29, 0.717) is 5.56 Å². The molecule has 0 aliphatic carbocycles. The summed E-state index contributed by atoms with van der Waals surface area (Å²) in [4.78, 5) is 3.23. The first-order chi connectivity index (χ1) is 9.30. The predicted octanol–water partition coefficient (Wildman–Crippen LogP) is 1.72. The number of benzene rings is 1. The molecule has 2 rings (SSSR count). The van der Waals surface area contributed by atoms with Crippen LogP contribution >= 0.6 is 23.2 Å². The fourth-order valence-corrected chi connectivity index (χ4v) is 2.85. The molecule has 1 heterocycles. The van der Waals surface area contributed by atoms with Gasteiger partial charge < -0.3 is 9.84 Å². The number of aliphatic hydroxyl groups is 1. The number of halogens is 2. The highest BCUT2D eigenvalue weighted by Gasteiger charge is 2.36. The Balaban J connectivity index is 2.24. The number of sulfone groups is 1. The number of rotatable bonds is 4. The van der Waals surface area contributed by atoms with Crippen LogP contribution in [0.4, 0.5) is 0 Å². The van der Waals surface area contributed by atoms with Crippen LogP contribution in [0.5, 0.6) is 0 Å². The largest absolute Gasteiger partial charge is 0.473 e. The molecule has 0 saturated carbocycles. The van der Waals surface area contributed by atoms with Crippen LogP contribution in [0.25, 0.3) is 0 Å². The third kappa shape index (κ3) is 3.25. The molecule has 0 radical (unpaired) electrons. The first-order valence-electron chi connectivity index (χ1n) is 5.74. The Bertz CT molecular complexity index is 600. The van der Waals surface area contributed by atoms with Crippen LogP contribution in [0, 0.1) is 0 Å². The Hall–Kier alpha value is -0.820. The van der Waals surface area contributed by atoms with Crippen molar-refractivity contribution in [2.45, 2.75) is 28.0 Å². The molecular weight excluding hydrogens is 325 g/mol. The molecule has 0 saturated heterocycles. The summed E-state index contributed by atoms with van der Waals surface area (Å²) in [6.07, 6.45) is 0.754. The van der Waals surface area contributed by atoms with Gasteiger partial charge in [-0.15, -0.1) is 23.2 Å². The third-order valence-electron chi connectivity index (χ3n) is 3.00. The van der Waals surface area contributed by atoms with Gasteiger partial charge in [0.1, 0.15) is 23.1 Å². The minimum absolute atomic E-state index is 0.213. The van der Waals surface area contributed by atoms with Gasteiger partial charge in [-0.25, -0.2) is 13.4 Å². The van der Waals surface area contributed by atoms with Gasteiger partial charge in [-0.2, -0.15) is 0 Å². The highest BCUT2D eigenvalue weighted by atomic mass is 35.5. The summed E-state index contributed by atoms with van der Waals surface area (Å²) in [5, 5.41) is 9.89. The van der Waals surface area contributed by atoms with Crippen molar-refractivity contribution in [3.05, 3.63) is 29.8 Å². The van der Waals surface area contributed by atoms with Gasteiger partial charge in [0.05, 0.1) is 4.90 Å². The smallest absolute Gasteiger partial charge is 0.175 e. The van der Waals surface area contributed by atoms with Crippen molar-refractivity contribution in [3.63, 3.8) is 0 Å². The quantitative estimate of drug-likeness (QED) is 0.849. The molecule has 0 spiro atoms. The van der Waals surface area contributed by atoms with Crippen molar-refractivity contribution in [1.29, 1.82) is 0 Å². The molecule has 3 unspecified atom stereocenters. The Kier molecular flexibility index (Phi) is 4.59. The van der Waals surface area contributed by atoms with Crippen molar-refractivity contribution >= 4 is 39.4 Å². The minimum atomic E-state index is -3.25. The predicted molar refractivity (Wildman–Crippen MR) is 77.2 cm³/mol. The number of hydrogen-bond acceptors (Lipinski definition) is 5. The normalized spacial score (nSPS) is 23.9. The molecule has 0 aromatic heterocycles. The number of alkyl halides is 2. The summed E-state index contributed by atoms with van der Waals surface area (Å²) in [7, 11) is -3.25. The van der Waals surface area contributed by atoms with Crippen LogP contribution in [0.2, 0.25) is 0 Å². The summed E-state index contributed by atoms with van der Waals surface area (Å²) in [5.41, 5.74) is 0.688. The standard InChI is InChI=1S/C12H13Cl2NO4S/c1-20(17,18)8-4-2-7(3-5-8)11-9(15-6-19-11)10(16)12(13)14/h2-6,9-12,16H,1H3. The van der Waals surface area contributed by atoms with Crippen LogP contribution in [-0.2, 0) is 14.6 Å². The molecule has 5 nitrogen and oxygen atoms in total. The molecule has 110 valence electrons. The van der Waals surface area contributed by atoms with Gasteiger partial charge in [0.25, 0.3) is 0 Å². The fourth-order valence-electron chi connectivity index (χ4n) is 1.93. The van der Waals surface area contributed by atoms with Crippen molar-refractivity contribution in [1.82, 2.24) is 0 Å². The lowest BCUT2D eigenvalue weighted by molar-refractivity contribution is 0.0960. The minimum Gasteiger partial charge on any atom is -0.473 e. The molecule has 20 heavy (non-hydrogen) atoms. The lowest BCUT2D eigenvalue weighted by atomic mass is 9.99. The molecular formula is C12H13Cl2NO4S. The zero-order chi connectivity index (χ0) is 14.9. The van der Waals surface area contributed by atoms with E-state index in [9.17, 15) is 13.5 Å². The van der Waals surface area contributed by atoms with Crippen LogP contribution in [-0.4, -0.2) is 43.2 Å². The second kappa shape index (κ2) is 5.89. The van der Waals surface area contributed by atoms with Gasteiger partial charge in [-0.05, 0) is 17.7 Å². The second-order valence-electron chi connectivity index (χ2n) is 4.47. The Morgan fingerprint density at radius 2 is 1.90 bits per heavy atom. The zero-order valence-electron chi connectivity index (χ0n) is 10.5. The molecule has 1 aliphatic heterocycles. The molecule has 1 aromatic rings. The van der Waals surface area contributed by atoms with Crippen molar-refractivity contribution in [2.24, 2.45) is 4.99 Å². The Labute approximate surface area is 127 Å². The van der Waals surface area contributed by atoms with Gasteiger partial charge in [0, 0.05) is 6.26 Å². The van der Waals surface area contributed by atoms with E-state index in [1.165, 1.54) is 18.5 Å². The van der Waals surface area contributed by atoms with Gasteiger partial charge in [-0.1, -0.05) is 12.1 Å². The molecule has 1 aliphatic rings. The van der Waals surface area contributed by atoms with E-state index in [0.717, 1.165) is 6.26 Å². The fraction of sp³-hybridized carbons (Fsp3) is 0.417. The number of ether oxygens (including phenoxy) is 1. The summed E-state index contributed by atoms with van der Waals surface area (Å²) in [5.74, 6) is 0. The van der Waals surface area contributed by atoms with Crippen molar-refractivity contribution in [2.75, 3.05) is 6.26 Å². The second-order valence-corrected chi connectivity index (χ2v) is 7.65. The summed E-state index contributed by atoms with van der Waals surface area (Å²) < 4.78 is 28.1. The first-order valence-corrected chi connectivity index (χ1v) is 8.50. The van der Waals surface area contributed by atoms with Gasteiger partial charge in [0.15, 0.2) is 16.2 Å². The maximum Gasteiger partial charge on any atom is 0.175 e. The number of hydrogen-bond donors (Lipinski definition) is 1.